The zero-order chi connectivity index (χ0) is 15.8. The third-order valence-corrected chi connectivity index (χ3v) is 2.66. The molecule has 6 nitrogen and oxygen atoms in total. The Balaban J connectivity index is 2.88. The van der Waals surface area contributed by atoms with E-state index in [1.54, 1.807) is 25.1 Å². The molecule has 0 aromatic heterocycles. The standard InChI is InChI=1S/C15H19NO5/c1-3-20-13-8-11(5-7-14(17)18)4-6-12(13)21-9-10(2)15(16)19/h4-8,10H,3,9H2,1-2H3,(H2,16,19)(H,17,18)/b7-5+. The Morgan fingerprint density at radius 3 is 2.62 bits per heavy atom. The summed E-state index contributed by atoms with van der Waals surface area (Å²) in [6, 6.07) is 5.04. The Kier molecular flexibility index (Phi) is 6.26. The zero-order valence-corrected chi connectivity index (χ0v) is 12.0. The Bertz CT molecular complexity index is 539. The summed E-state index contributed by atoms with van der Waals surface area (Å²) in [4.78, 5) is 21.5. The molecule has 0 saturated heterocycles. The summed E-state index contributed by atoms with van der Waals surface area (Å²) in [7, 11) is 0. The second-order valence-corrected chi connectivity index (χ2v) is 4.43. The summed E-state index contributed by atoms with van der Waals surface area (Å²) in [6.45, 7) is 4.09. The molecule has 0 heterocycles. The molecule has 0 aliphatic rings. The molecule has 0 spiro atoms. The molecule has 1 unspecified atom stereocenters. The molecule has 114 valence electrons. The molecule has 0 radical (unpaired) electrons. The van der Waals surface area contributed by atoms with Gasteiger partial charge in [0, 0.05) is 6.08 Å². The SMILES string of the molecule is CCOc1cc(/C=C/C(=O)O)ccc1OCC(C)C(N)=O. The van der Waals surface area contributed by atoms with Crippen molar-refractivity contribution in [1.29, 1.82) is 0 Å². The van der Waals surface area contributed by atoms with Crippen LogP contribution in [0.3, 0.4) is 0 Å². The highest BCUT2D eigenvalue weighted by molar-refractivity contribution is 5.85. The van der Waals surface area contributed by atoms with Gasteiger partial charge in [0.1, 0.15) is 0 Å². The van der Waals surface area contributed by atoms with Gasteiger partial charge in [-0.2, -0.15) is 0 Å². The quantitative estimate of drug-likeness (QED) is 0.710. The first-order valence-corrected chi connectivity index (χ1v) is 6.54. The third-order valence-electron chi connectivity index (χ3n) is 2.66. The van der Waals surface area contributed by atoms with Crippen molar-refractivity contribution in [2.75, 3.05) is 13.2 Å². The van der Waals surface area contributed by atoms with Crippen LogP contribution < -0.4 is 15.2 Å². The van der Waals surface area contributed by atoms with Crippen LogP contribution in [0.15, 0.2) is 24.3 Å². The lowest BCUT2D eigenvalue weighted by molar-refractivity contribution is -0.131. The first-order chi connectivity index (χ1) is 9.93. The maximum Gasteiger partial charge on any atom is 0.328 e. The van der Waals surface area contributed by atoms with Crippen molar-refractivity contribution in [2.45, 2.75) is 13.8 Å². The van der Waals surface area contributed by atoms with Gasteiger partial charge in [-0.25, -0.2) is 4.79 Å². The number of amides is 1. The van der Waals surface area contributed by atoms with Crippen LogP contribution in [0.1, 0.15) is 19.4 Å². The highest BCUT2D eigenvalue weighted by Gasteiger charge is 2.12. The van der Waals surface area contributed by atoms with E-state index in [1.807, 2.05) is 6.92 Å². The number of carbonyl (C=O) groups is 2. The van der Waals surface area contributed by atoms with E-state index in [9.17, 15) is 9.59 Å². The number of hydrogen-bond donors (Lipinski definition) is 2. The fourth-order valence-electron chi connectivity index (χ4n) is 1.48. The predicted molar refractivity (Wildman–Crippen MR) is 78.1 cm³/mol. The molecular weight excluding hydrogens is 274 g/mol. The molecule has 1 amide bonds. The van der Waals surface area contributed by atoms with E-state index in [0.29, 0.717) is 23.7 Å². The van der Waals surface area contributed by atoms with Crippen molar-refractivity contribution < 1.29 is 24.2 Å². The number of primary amides is 1. The average molecular weight is 293 g/mol. The van der Waals surface area contributed by atoms with Gasteiger partial charge in [0.25, 0.3) is 0 Å². The van der Waals surface area contributed by atoms with Gasteiger partial charge in [0.2, 0.25) is 5.91 Å². The molecule has 1 atom stereocenters. The van der Waals surface area contributed by atoms with Gasteiger partial charge in [-0.1, -0.05) is 13.0 Å². The summed E-state index contributed by atoms with van der Waals surface area (Å²) < 4.78 is 11.0. The second-order valence-electron chi connectivity index (χ2n) is 4.43. The number of nitrogens with two attached hydrogens (primary N) is 1. The van der Waals surface area contributed by atoms with Crippen molar-refractivity contribution >= 4 is 18.0 Å². The molecule has 21 heavy (non-hydrogen) atoms. The van der Waals surface area contributed by atoms with Gasteiger partial charge in [-0.15, -0.1) is 0 Å². The molecule has 0 bridgehead atoms. The van der Waals surface area contributed by atoms with Crippen LogP contribution in [0.2, 0.25) is 0 Å². The van der Waals surface area contributed by atoms with Crippen LogP contribution in [0.5, 0.6) is 11.5 Å². The van der Waals surface area contributed by atoms with Crippen molar-refractivity contribution in [3.63, 3.8) is 0 Å². The number of carboxylic acid groups (broad SMARTS) is 1. The highest BCUT2D eigenvalue weighted by Crippen LogP contribution is 2.29. The van der Waals surface area contributed by atoms with Gasteiger partial charge in [-0.05, 0) is 30.7 Å². The van der Waals surface area contributed by atoms with E-state index in [0.717, 1.165) is 6.08 Å². The van der Waals surface area contributed by atoms with Crippen LogP contribution in [0.25, 0.3) is 6.08 Å². The van der Waals surface area contributed by atoms with E-state index < -0.39 is 17.8 Å². The Morgan fingerprint density at radius 1 is 1.33 bits per heavy atom. The van der Waals surface area contributed by atoms with E-state index in [-0.39, 0.29) is 6.61 Å². The largest absolute Gasteiger partial charge is 0.490 e. The first-order valence-electron chi connectivity index (χ1n) is 6.54. The van der Waals surface area contributed by atoms with E-state index >= 15 is 0 Å². The number of hydrogen-bond acceptors (Lipinski definition) is 4. The fraction of sp³-hybridized carbons (Fsp3) is 0.333. The van der Waals surface area contributed by atoms with Gasteiger partial charge in [0.05, 0.1) is 19.1 Å². The summed E-state index contributed by atoms with van der Waals surface area (Å²) >= 11 is 0. The summed E-state index contributed by atoms with van der Waals surface area (Å²) in [6.07, 6.45) is 2.50. The van der Waals surface area contributed by atoms with Crippen molar-refractivity contribution in [1.82, 2.24) is 0 Å². The van der Waals surface area contributed by atoms with Gasteiger partial charge >= 0.3 is 5.97 Å². The highest BCUT2D eigenvalue weighted by atomic mass is 16.5. The molecule has 1 aromatic carbocycles. The Labute approximate surface area is 123 Å². The maximum absolute atomic E-state index is 11.0. The first kappa shape index (κ1) is 16.6. The Morgan fingerprint density at radius 2 is 2.05 bits per heavy atom. The van der Waals surface area contributed by atoms with Gasteiger partial charge < -0.3 is 20.3 Å². The molecule has 6 heteroatoms. The number of carbonyl (C=O) groups excluding carboxylic acids is 1. The topological polar surface area (TPSA) is 98.8 Å². The molecule has 0 aliphatic heterocycles. The van der Waals surface area contributed by atoms with Crippen LogP contribution >= 0.6 is 0 Å². The smallest absolute Gasteiger partial charge is 0.328 e. The summed E-state index contributed by atoms with van der Waals surface area (Å²) in [5, 5.41) is 8.61. The normalized spacial score (nSPS) is 12.1. The lowest BCUT2D eigenvalue weighted by Gasteiger charge is -2.14. The maximum atomic E-state index is 11.0. The second kappa shape index (κ2) is 7.94. The average Bonchev–Trinajstić information content (AvgIpc) is 2.43. The minimum atomic E-state index is -1.02. The van der Waals surface area contributed by atoms with Gasteiger partial charge in [0.15, 0.2) is 11.5 Å². The number of benzene rings is 1. The van der Waals surface area contributed by atoms with Crippen LogP contribution in [-0.2, 0) is 9.59 Å². The lowest BCUT2D eigenvalue weighted by Crippen LogP contribution is -2.25. The number of aliphatic carboxylic acids is 1. The Hall–Kier alpha value is -2.50. The van der Waals surface area contributed by atoms with Crippen LogP contribution in [0.4, 0.5) is 0 Å². The molecule has 0 fully saturated rings. The molecule has 0 aliphatic carbocycles. The molecule has 0 saturated carbocycles. The minimum Gasteiger partial charge on any atom is -0.490 e. The molecule has 1 aromatic rings. The van der Waals surface area contributed by atoms with E-state index in [1.165, 1.54) is 6.08 Å². The molecular formula is C15H19NO5. The number of rotatable bonds is 8. The van der Waals surface area contributed by atoms with Crippen LogP contribution in [0, 0.1) is 5.92 Å². The van der Waals surface area contributed by atoms with E-state index in [2.05, 4.69) is 0 Å². The zero-order valence-electron chi connectivity index (χ0n) is 12.0. The minimum absolute atomic E-state index is 0.152. The van der Waals surface area contributed by atoms with Gasteiger partial charge in [-0.3, -0.25) is 4.79 Å². The van der Waals surface area contributed by atoms with Crippen molar-refractivity contribution in [3.05, 3.63) is 29.8 Å². The van der Waals surface area contributed by atoms with Crippen molar-refractivity contribution in [2.24, 2.45) is 11.7 Å². The molecule has 1 rings (SSSR count). The predicted octanol–water partition coefficient (Wildman–Crippen LogP) is 1.68. The van der Waals surface area contributed by atoms with Crippen LogP contribution in [-0.4, -0.2) is 30.2 Å². The van der Waals surface area contributed by atoms with Crippen molar-refractivity contribution in [3.8, 4) is 11.5 Å². The molecule has 3 N–H and O–H groups in total. The number of carboxylic acids is 1. The monoisotopic (exact) mass is 293 g/mol. The summed E-state index contributed by atoms with van der Waals surface area (Å²) in [5.74, 6) is -0.900. The third kappa shape index (κ3) is 5.56. The number of ether oxygens (including phenoxy) is 2. The summed E-state index contributed by atoms with van der Waals surface area (Å²) in [5.41, 5.74) is 5.85. The fourth-order valence-corrected chi connectivity index (χ4v) is 1.48. The lowest BCUT2D eigenvalue weighted by atomic mass is 10.1. The van der Waals surface area contributed by atoms with E-state index in [4.69, 9.17) is 20.3 Å².